The number of aryl methyl sites for hydroxylation is 4. The van der Waals surface area contributed by atoms with E-state index in [0.29, 0.717) is 13.1 Å². The molecule has 0 aliphatic carbocycles. The maximum atomic E-state index is 15.5. The van der Waals surface area contributed by atoms with Crippen molar-refractivity contribution in [3.63, 3.8) is 0 Å². The Morgan fingerprint density at radius 1 is 0.349 bits per heavy atom. The molecule has 0 saturated heterocycles. The second-order valence-corrected chi connectivity index (χ2v) is 34.1. The fourth-order valence-electron chi connectivity index (χ4n) is 13.8. The van der Waals surface area contributed by atoms with Crippen LogP contribution in [0.25, 0.3) is 49.7 Å². The summed E-state index contributed by atoms with van der Waals surface area (Å²) in [6, 6.07) is 18.0. The maximum absolute atomic E-state index is 15.5. The van der Waals surface area contributed by atoms with Crippen molar-refractivity contribution in [1.82, 2.24) is 9.13 Å². The van der Waals surface area contributed by atoms with E-state index in [0.717, 1.165) is 68.6 Å². The van der Waals surface area contributed by atoms with E-state index in [9.17, 15) is 0 Å². The van der Waals surface area contributed by atoms with Crippen LogP contribution in [0.3, 0.4) is 0 Å². The molecule has 0 bridgehead atoms. The number of unbranched alkanes of at least 4 members (excludes halogenated alkanes) is 34. The molecular weight excluding hydrogens is 1220 g/mol. The normalized spacial score (nSPS) is 12.7. The monoisotopic (exact) mass is 1340 g/mol. The topological polar surface area (TPSA) is 44.0 Å². The molecule has 0 saturated carbocycles. The smallest absolute Gasteiger partial charge is 0.0654 e. The Morgan fingerprint density at radius 2 is 0.663 bits per heavy atom. The SMILES string of the molecule is CCCCCCCCCCCCC(CCCCCCCCCC)CCCCn1c(=O)c(-c2ccc(C)[se]2)cc2c1cc(-c1ccc(-c3cc4sc(C)cc4s3)[se]1)c(=O)n2CCCCC(CCCCCCCCCC)CCCCCCCCCCCC. The van der Waals surface area contributed by atoms with Gasteiger partial charge in [0.05, 0.1) is 0 Å². The van der Waals surface area contributed by atoms with Crippen molar-refractivity contribution in [3.05, 3.63) is 78.6 Å². The number of hydrogen-bond donors (Lipinski definition) is 0. The first-order valence-electron chi connectivity index (χ1n) is 36.7. The third-order valence-corrected chi connectivity index (χ3v) is 26.3. The van der Waals surface area contributed by atoms with E-state index in [1.807, 2.05) is 22.7 Å². The minimum Gasteiger partial charge on any atom is -0.0654 e. The van der Waals surface area contributed by atoms with Gasteiger partial charge in [0.1, 0.15) is 0 Å². The van der Waals surface area contributed by atoms with E-state index < -0.39 is 0 Å². The Morgan fingerprint density at radius 3 is 1.01 bits per heavy atom. The number of nitrogens with zero attached hydrogens (tertiary/aromatic N) is 2. The third-order valence-electron chi connectivity index (χ3n) is 19.2. The summed E-state index contributed by atoms with van der Waals surface area (Å²) in [6.45, 7) is 15.1. The molecule has 6 aromatic heterocycles. The first-order chi connectivity index (χ1) is 42.2. The molecule has 8 heteroatoms. The van der Waals surface area contributed by atoms with Crippen molar-refractivity contribution in [2.45, 2.75) is 350 Å². The standard InChI is InChI=1S/C78H124N2O2S2Se2/c1-7-11-15-19-23-27-29-33-37-41-49-65(47-39-35-31-25-21-17-13-9-3)51-43-45-57-79-70-61-68(75-55-56-76(86-75)73-62-72-71(84-73)59-63(5)83-72)78(82)80(69(70)60-67(77(79)81)74-54-53-64(6)85-74)58-46-44-52-66(48-40-36-32-26-22-18-14-10-4)50-42-38-34-30-28-24-20-16-12-8-2/h53-56,59-62,65-66H,7-52,57-58H2,1-6H3. The van der Waals surface area contributed by atoms with Crippen LogP contribution in [-0.4, -0.2) is 38.1 Å². The quantitative estimate of drug-likeness (QED) is 0.0282. The molecule has 482 valence electrons. The Hall–Kier alpha value is -2.18. The third kappa shape index (κ3) is 26.6. The van der Waals surface area contributed by atoms with Crippen molar-refractivity contribution in [1.29, 1.82) is 0 Å². The van der Waals surface area contributed by atoms with Gasteiger partial charge in [0, 0.05) is 0 Å². The Balaban J connectivity index is 1.22. The summed E-state index contributed by atoms with van der Waals surface area (Å²) in [5.74, 6) is 1.55. The fourth-order valence-corrected chi connectivity index (χ4v) is 20.3. The summed E-state index contributed by atoms with van der Waals surface area (Å²) in [5, 5.41) is 0. The molecule has 0 spiro atoms. The van der Waals surface area contributed by atoms with Gasteiger partial charge in [-0.25, -0.2) is 0 Å². The van der Waals surface area contributed by atoms with E-state index >= 15 is 9.59 Å². The second-order valence-electron chi connectivity index (χ2n) is 26.8. The zero-order chi connectivity index (χ0) is 60.8. The van der Waals surface area contributed by atoms with Crippen molar-refractivity contribution in [2.24, 2.45) is 11.8 Å². The van der Waals surface area contributed by atoms with Crippen molar-refractivity contribution in [3.8, 4) is 29.3 Å². The van der Waals surface area contributed by atoms with Gasteiger partial charge in [-0.1, -0.05) is 207 Å². The summed E-state index contributed by atoms with van der Waals surface area (Å²) >= 11 is 3.89. The molecule has 4 nitrogen and oxygen atoms in total. The molecule has 0 aromatic carbocycles. The molecule has 0 amide bonds. The summed E-state index contributed by atoms with van der Waals surface area (Å²) in [7, 11) is 0. The fraction of sp³-hybridized carbons (Fsp3) is 0.718. The van der Waals surface area contributed by atoms with Crippen LogP contribution in [0.2, 0.25) is 0 Å². The number of thiophene rings is 2. The summed E-state index contributed by atoms with van der Waals surface area (Å²) in [6.07, 6.45) is 62.2. The van der Waals surface area contributed by atoms with E-state index in [2.05, 4.69) is 99.2 Å². The van der Waals surface area contributed by atoms with Crippen LogP contribution in [0.4, 0.5) is 0 Å². The summed E-state index contributed by atoms with van der Waals surface area (Å²) in [5.41, 5.74) is 3.85. The molecule has 6 heterocycles. The van der Waals surface area contributed by atoms with E-state index in [1.165, 1.54) is 298 Å². The molecule has 0 aliphatic rings. The molecule has 6 rings (SSSR count). The molecule has 0 N–H and O–H groups in total. The Labute approximate surface area is 546 Å². The molecule has 2 atom stereocenters. The number of aromatic nitrogens is 2. The van der Waals surface area contributed by atoms with Gasteiger partial charge in [-0.05, 0) is 0 Å². The van der Waals surface area contributed by atoms with Crippen LogP contribution >= 0.6 is 22.7 Å². The van der Waals surface area contributed by atoms with Crippen LogP contribution in [0.5, 0.6) is 0 Å². The van der Waals surface area contributed by atoms with E-state index in [1.54, 1.807) is 0 Å². The van der Waals surface area contributed by atoms with Gasteiger partial charge < -0.3 is 0 Å². The van der Waals surface area contributed by atoms with Gasteiger partial charge >= 0.3 is 343 Å². The van der Waals surface area contributed by atoms with Gasteiger partial charge in [-0.2, -0.15) is 0 Å². The van der Waals surface area contributed by atoms with Gasteiger partial charge in [-0.15, -0.1) is 0 Å². The molecule has 0 aliphatic heterocycles. The molecule has 0 radical (unpaired) electrons. The first kappa shape index (κ1) is 72.9. The predicted octanol–water partition coefficient (Wildman–Crippen LogP) is 25.4. The molecule has 86 heavy (non-hydrogen) atoms. The van der Waals surface area contributed by atoms with Crippen LogP contribution in [-0.2, 0) is 13.1 Å². The number of hydrogen-bond acceptors (Lipinski definition) is 4. The molecular formula is C78H124N2O2S2Se2. The van der Waals surface area contributed by atoms with Crippen LogP contribution in [0, 0.1) is 25.7 Å². The van der Waals surface area contributed by atoms with Crippen molar-refractivity contribution in [2.75, 3.05) is 0 Å². The van der Waals surface area contributed by atoms with Gasteiger partial charge in [0.2, 0.25) is 0 Å². The molecule has 6 aromatic rings. The molecule has 0 fully saturated rings. The second kappa shape index (κ2) is 44.3. The van der Waals surface area contributed by atoms with Gasteiger partial charge in [0.25, 0.3) is 0 Å². The average molecular weight is 1340 g/mol. The van der Waals surface area contributed by atoms with Gasteiger partial charge in [0.15, 0.2) is 0 Å². The Kier molecular flexibility index (Phi) is 37.6. The van der Waals surface area contributed by atoms with Crippen LogP contribution in [0.1, 0.15) is 332 Å². The summed E-state index contributed by atoms with van der Waals surface area (Å²) < 4.78 is 12.1. The molecule has 2 unspecified atom stereocenters. The Bertz CT molecular complexity index is 2790. The zero-order valence-corrected chi connectivity index (χ0v) is 61.1. The summed E-state index contributed by atoms with van der Waals surface area (Å²) in [4.78, 5) is 33.5. The van der Waals surface area contributed by atoms with Crippen LogP contribution < -0.4 is 11.1 Å². The predicted molar refractivity (Wildman–Crippen MR) is 387 cm³/mol. The van der Waals surface area contributed by atoms with Crippen molar-refractivity contribution < 1.29 is 0 Å². The van der Waals surface area contributed by atoms with E-state index in [-0.39, 0.29) is 40.1 Å². The van der Waals surface area contributed by atoms with Gasteiger partial charge in [-0.3, -0.25) is 0 Å². The minimum absolute atomic E-state index is 0.00615. The van der Waals surface area contributed by atoms with Crippen molar-refractivity contribution >= 4 is 72.1 Å². The number of fused-ring (bicyclic) bond motifs is 2. The first-order valence-corrected chi connectivity index (χ1v) is 41.8. The zero-order valence-electron chi connectivity index (χ0n) is 56.1. The van der Waals surface area contributed by atoms with Crippen LogP contribution in [0.15, 0.2) is 58.1 Å². The number of pyridine rings is 2. The number of rotatable bonds is 53. The average Bonchev–Trinajstić information content (AvgIpc) is 1.13. The van der Waals surface area contributed by atoms with E-state index in [4.69, 9.17) is 0 Å². The minimum atomic E-state index is -0.00615.